The number of hydrogen-bond donors (Lipinski definition) is 0. The van der Waals surface area contributed by atoms with Crippen LogP contribution in [0.4, 0.5) is 0 Å². The van der Waals surface area contributed by atoms with Crippen molar-refractivity contribution in [2.45, 2.75) is 352 Å². The Kier molecular flexibility index (Phi) is 51.5. The molecule has 4 heterocycles. The number of benzene rings is 6. The standard InChI is InChI=1S/2C14H22.2C13H20.2C12H19N.2C12H18.2C11H17N/c2*1-11(2)13(14(3,4)5)12-9-7-6-8-10-12;2*1-11(13(2,3)4)10-12-8-6-5-7-9-12;2*1-10(12(2,3)4)9-11-7-5-6-8-13-11;2*1-10(12(2,3)4)11-8-6-5-7-9-11;2*1-9(11(2,3)4)10-7-5-6-8-12-10/h2*6-11,13H,1-5H3;2*5-9,11H,10H2,1-4H3;2*5-8,10H,9H2,1-4H3;2*5-10H,1-4H3;2*5-9H,1-4H3/t2*13-;2*11-;4*10-;2*9-/m1010101010/s1. The van der Waals surface area contributed by atoms with Crippen LogP contribution in [-0.2, 0) is 25.7 Å². The highest BCUT2D eigenvalue weighted by atomic mass is 14.7. The summed E-state index contributed by atoms with van der Waals surface area (Å²) in [6, 6.07) is 89.0. The maximum absolute atomic E-state index is 4.35. The van der Waals surface area contributed by atoms with E-state index in [1.165, 1.54) is 69.0 Å². The van der Waals surface area contributed by atoms with Gasteiger partial charge in [0.1, 0.15) is 0 Å². The average Bonchev–Trinajstić information content (AvgIpc) is 0.831. The molecule has 0 aliphatic heterocycles. The van der Waals surface area contributed by atoms with Gasteiger partial charge in [-0.05, 0) is 221 Å². The quantitative estimate of drug-likeness (QED) is 0.0967. The molecule has 10 aromatic rings. The summed E-state index contributed by atoms with van der Waals surface area (Å²) in [7, 11) is 0. The molecule has 0 amide bonds. The van der Waals surface area contributed by atoms with Gasteiger partial charge in [0.25, 0.3) is 0 Å². The molecule has 6 aromatic carbocycles. The highest BCUT2D eigenvalue weighted by Crippen LogP contribution is 2.43. The van der Waals surface area contributed by atoms with E-state index in [2.05, 4.69) is 529 Å². The second kappa shape index (κ2) is 55.9. The molecule has 0 saturated carbocycles. The van der Waals surface area contributed by atoms with Crippen molar-refractivity contribution in [1.82, 2.24) is 19.9 Å². The number of pyridine rings is 4. The van der Waals surface area contributed by atoms with Gasteiger partial charge in [-0.25, -0.2) is 0 Å². The van der Waals surface area contributed by atoms with Gasteiger partial charge < -0.3 is 0 Å². The van der Waals surface area contributed by atoms with Crippen LogP contribution < -0.4 is 0 Å². The van der Waals surface area contributed by atoms with E-state index < -0.39 is 0 Å². The summed E-state index contributed by atoms with van der Waals surface area (Å²) in [6.07, 6.45) is 12.0. The van der Waals surface area contributed by atoms with E-state index in [-0.39, 0.29) is 0 Å². The second-order valence-corrected chi connectivity index (χ2v) is 48.2. The predicted octanol–water partition coefficient (Wildman–Crippen LogP) is 37.5. The smallest absolute Gasteiger partial charge is 0.0436 e. The molecule has 10 atom stereocenters. The zero-order chi connectivity index (χ0) is 97.9. The van der Waals surface area contributed by atoms with Gasteiger partial charge in [0, 0.05) is 59.4 Å². The van der Waals surface area contributed by atoms with Crippen LogP contribution in [0, 0.1) is 89.7 Å². The van der Waals surface area contributed by atoms with Gasteiger partial charge >= 0.3 is 0 Å². The van der Waals surface area contributed by atoms with Crippen LogP contribution in [-0.4, -0.2) is 19.9 Å². The number of aromatic nitrogens is 4. The summed E-state index contributed by atoms with van der Waals surface area (Å²) in [6.45, 7) is 96.1. The Bertz CT molecular complexity index is 3820. The largest absolute Gasteiger partial charge is 0.261 e. The molecule has 4 aromatic heterocycles. The molecule has 10 rings (SSSR count). The third-order valence-electron chi connectivity index (χ3n) is 26.7. The van der Waals surface area contributed by atoms with Crippen molar-refractivity contribution >= 4 is 0 Å². The minimum absolute atomic E-state index is 0.300. The van der Waals surface area contributed by atoms with Gasteiger partial charge in [0.05, 0.1) is 0 Å². The fraction of sp³-hybridized carbons (Fsp3) is 0.548. The summed E-state index contributed by atoms with van der Waals surface area (Å²) >= 11 is 0. The van der Waals surface area contributed by atoms with Crippen LogP contribution in [0.3, 0.4) is 0 Å². The maximum atomic E-state index is 4.35. The third kappa shape index (κ3) is 49.8. The van der Waals surface area contributed by atoms with Gasteiger partial charge in [-0.2, -0.15) is 0 Å². The highest BCUT2D eigenvalue weighted by molar-refractivity contribution is 5.26. The van der Waals surface area contributed by atoms with Crippen molar-refractivity contribution in [1.29, 1.82) is 0 Å². The van der Waals surface area contributed by atoms with Crippen LogP contribution in [0.15, 0.2) is 280 Å². The topological polar surface area (TPSA) is 51.6 Å². The van der Waals surface area contributed by atoms with Gasteiger partial charge in [-0.3, -0.25) is 19.9 Å². The number of hydrogen-bond acceptors (Lipinski definition) is 4. The van der Waals surface area contributed by atoms with E-state index in [9.17, 15) is 0 Å². The summed E-state index contributed by atoms with van der Waals surface area (Å²) in [5, 5.41) is 0. The SMILES string of the molecule is CC(C)[C@@H](c1ccccc1)C(C)(C)C.CC(C)[C@H](c1ccccc1)C(C)(C)C.C[C@@H](Cc1ccccc1)C(C)(C)C.C[C@@H](Cc1ccccn1)C(C)(C)C.C[C@@H](c1ccccc1)C(C)(C)C.C[C@@H](c1ccccn1)C(C)(C)C.C[C@H](Cc1ccccc1)C(C)(C)C.C[C@H](Cc1ccccn1)C(C)(C)C.C[C@H](c1ccccc1)C(C)(C)C.C[C@H](c1ccccn1)C(C)(C)C. The van der Waals surface area contributed by atoms with Crippen molar-refractivity contribution in [3.05, 3.63) is 336 Å². The molecule has 0 radical (unpaired) electrons. The fourth-order valence-corrected chi connectivity index (χ4v) is 14.6. The zero-order valence-electron chi connectivity index (χ0n) is 90.1. The molecule has 0 unspecified atom stereocenters. The maximum Gasteiger partial charge on any atom is 0.0436 e. The lowest BCUT2D eigenvalue weighted by Crippen LogP contribution is -2.23. The van der Waals surface area contributed by atoms with E-state index in [1.807, 2.05) is 61.2 Å². The lowest BCUT2D eigenvalue weighted by molar-refractivity contribution is 0.258. The Morgan fingerprint density at radius 1 is 0.180 bits per heavy atom. The molecule has 708 valence electrons. The molecule has 0 N–H and O–H groups in total. The van der Waals surface area contributed by atoms with Crippen molar-refractivity contribution in [2.75, 3.05) is 0 Å². The first-order valence-corrected chi connectivity index (χ1v) is 48.8. The molecule has 128 heavy (non-hydrogen) atoms. The van der Waals surface area contributed by atoms with Gasteiger partial charge in [0.15, 0.2) is 0 Å². The van der Waals surface area contributed by atoms with Crippen LogP contribution in [0.2, 0.25) is 0 Å². The van der Waals surface area contributed by atoms with E-state index in [0.29, 0.717) is 113 Å². The first-order valence-electron chi connectivity index (χ1n) is 48.8. The first kappa shape index (κ1) is 118. The number of nitrogens with zero attached hydrogens (tertiary/aromatic N) is 4. The molecule has 0 aliphatic carbocycles. The minimum Gasteiger partial charge on any atom is -0.261 e. The predicted molar refractivity (Wildman–Crippen MR) is 570 cm³/mol. The zero-order valence-corrected chi connectivity index (χ0v) is 90.1. The minimum atomic E-state index is 0.300. The Morgan fingerprint density at radius 2 is 0.375 bits per heavy atom. The Balaban J connectivity index is 0.000000711. The molecular formula is C124H192N4. The summed E-state index contributed by atoms with van der Waals surface area (Å²) < 4.78 is 0. The first-order chi connectivity index (χ1) is 58.9. The molecule has 0 spiro atoms. The van der Waals surface area contributed by atoms with Gasteiger partial charge in [-0.15, -0.1) is 0 Å². The third-order valence-corrected chi connectivity index (χ3v) is 26.7. The Labute approximate surface area is 792 Å². The molecular weight excluding hydrogens is 1550 g/mol. The van der Waals surface area contributed by atoms with Crippen molar-refractivity contribution < 1.29 is 0 Å². The van der Waals surface area contributed by atoms with Crippen LogP contribution in [0.1, 0.15) is 382 Å². The lowest BCUT2D eigenvalue weighted by atomic mass is 9.71. The molecule has 4 nitrogen and oxygen atoms in total. The molecule has 4 heteroatoms. The molecule has 0 saturated heterocycles. The Morgan fingerprint density at radius 3 is 0.555 bits per heavy atom. The normalized spacial score (nSPS) is 14.3. The Hall–Kier alpha value is -8.08. The summed E-state index contributed by atoms with van der Waals surface area (Å²) in [5.74, 6) is 7.74. The number of rotatable bonds is 16. The van der Waals surface area contributed by atoms with Gasteiger partial charge in [-0.1, -0.05) is 497 Å². The van der Waals surface area contributed by atoms with E-state index in [1.54, 1.807) is 0 Å². The molecule has 0 fully saturated rings. The average molecular weight is 1740 g/mol. The van der Waals surface area contributed by atoms with Crippen LogP contribution >= 0.6 is 0 Å². The summed E-state index contributed by atoms with van der Waals surface area (Å²) in [5.41, 5.74) is 17.1. The van der Waals surface area contributed by atoms with Crippen LogP contribution in [0.5, 0.6) is 0 Å². The van der Waals surface area contributed by atoms with Crippen molar-refractivity contribution in [2.24, 2.45) is 89.7 Å². The van der Waals surface area contributed by atoms with Crippen molar-refractivity contribution in [3.63, 3.8) is 0 Å². The summed E-state index contributed by atoms with van der Waals surface area (Å²) in [4.78, 5) is 17.4. The lowest BCUT2D eigenvalue weighted by Gasteiger charge is -2.34. The second-order valence-electron chi connectivity index (χ2n) is 48.2. The van der Waals surface area contributed by atoms with E-state index in [4.69, 9.17) is 0 Å². The molecule has 0 aliphatic rings. The fourth-order valence-electron chi connectivity index (χ4n) is 14.6. The van der Waals surface area contributed by atoms with Gasteiger partial charge in [0.2, 0.25) is 0 Å². The molecule has 0 bridgehead atoms. The van der Waals surface area contributed by atoms with Crippen LogP contribution in [0.25, 0.3) is 0 Å². The monoisotopic (exact) mass is 1740 g/mol. The van der Waals surface area contributed by atoms with E-state index >= 15 is 0 Å². The van der Waals surface area contributed by atoms with E-state index in [0.717, 1.165) is 24.7 Å². The highest BCUT2D eigenvalue weighted by Gasteiger charge is 2.32. The van der Waals surface area contributed by atoms with Crippen molar-refractivity contribution in [3.8, 4) is 0 Å².